The summed E-state index contributed by atoms with van der Waals surface area (Å²) in [6, 6.07) is 12.7. The van der Waals surface area contributed by atoms with Crippen molar-refractivity contribution in [2.45, 2.75) is 26.8 Å². The summed E-state index contributed by atoms with van der Waals surface area (Å²) in [4.78, 5) is 31.7. The van der Waals surface area contributed by atoms with E-state index in [-0.39, 0.29) is 19.0 Å². The van der Waals surface area contributed by atoms with Gasteiger partial charge in [-0.05, 0) is 50.1 Å². The quantitative estimate of drug-likeness (QED) is 0.557. The monoisotopic (exact) mass is 462 g/mol. The lowest BCUT2D eigenvalue weighted by Gasteiger charge is -2.24. The van der Waals surface area contributed by atoms with E-state index in [1.54, 1.807) is 24.5 Å². The molecule has 0 saturated heterocycles. The number of carbonyl (C=O) groups is 1. The summed E-state index contributed by atoms with van der Waals surface area (Å²) in [6.07, 6.45) is 1.85. The summed E-state index contributed by atoms with van der Waals surface area (Å²) in [7, 11) is 0. The zero-order chi connectivity index (χ0) is 23.1. The van der Waals surface area contributed by atoms with Crippen LogP contribution in [0.25, 0.3) is 6.08 Å². The van der Waals surface area contributed by atoms with Crippen LogP contribution in [0.3, 0.4) is 0 Å². The maximum Gasteiger partial charge on any atom is 0.338 e. The number of aryl methyl sites for hydroxylation is 1. The predicted octanol–water partition coefficient (Wildman–Crippen LogP) is 2.84. The molecular formula is C25H22N2O5S. The molecule has 0 fully saturated rings. The average Bonchev–Trinajstić information content (AvgIpc) is 3.38. The van der Waals surface area contributed by atoms with Gasteiger partial charge in [0.05, 0.1) is 28.5 Å². The first-order valence-electron chi connectivity index (χ1n) is 10.6. The van der Waals surface area contributed by atoms with E-state index in [4.69, 9.17) is 14.2 Å². The number of esters is 1. The highest BCUT2D eigenvalue weighted by Gasteiger charge is 2.34. The van der Waals surface area contributed by atoms with E-state index in [1.165, 1.54) is 11.3 Å². The molecule has 0 N–H and O–H groups in total. The van der Waals surface area contributed by atoms with Gasteiger partial charge in [0.15, 0.2) is 16.3 Å². The van der Waals surface area contributed by atoms with Gasteiger partial charge in [-0.15, -0.1) is 0 Å². The molecule has 1 aromatic heterocycles. The van der Waals surface area contributed by atoms with Gasteiger partial charge in [-0.3, -0.25) is 9.36 Å². The standard InChI is InChI=1S/C25H22N2O5S/c1-4-30-24(29)21-15(3)26-25-27(22(21)17-9-10-18-19(12-17)32-13-31-18)23(28)20(33-25)11-16-7-5-14(2)6-8-16/h5-12,22H,4,13H2,1-3H3/t22-/m1/s1. The van der Waals surface area contributed by atoms with Gasteiger partial charge in [0.2, 0.25) is 6.79 Å². The van der Waals surface area contributed by atoms with E-state index in [1.807, 2.05) is 49.4 Å². The summed E-state index contributed by atoms with van der Waals surface area (Å²) in [6.45, 7) is 5.89. The molecule has 0 unspecified atom stereocenters. The van der Waals surface area contributed by atoms with Crippen LogP contribution in [0.15, 0.2) is 63.5 Å². The van der Waals surface area contributed by atoms with Gasteiger partial charge in [0, 0.05) is 0 Å². The predicted molar refractivity (Wildman–Crippen MR) is 124 cm³/mol. The lowest BCUT2D eigenvalue weighted by molar-refractivity contribution is -0.139. The van der Waals surface area contributed by atoms with Gasteiger partial charge >= 0.3 is 5.97 Å². The van der Waals surface area contributed by atoms with Gasteiger partial charge in [-0.25, -0.2) is 9.79 Å². The van der Waals surface area contributed by atoms with E-state index in [2.05, 4.69) is 4.99 Å². The molecule has 0 spiro atoms. The number of allylic oxidation sites excluding steroid dienone is 1. The maximum absolute atomic E-state index is 13.6. The molecule has 2 aliphatic rings. The van der Waals surface area contributed by atoms with Crippen LogP contribution in [-0.4, -0.2) is 23.9 Å². The molecule has 33 heavy (non-hydrogen) atoms. The van der Waals surface area contributed by atoms with E-state index < -0.39 is 12.0 Å². The molecule has 3 heterocycles. The summed E-state index contributed by atoms with van der Waals surface area (Å²) in [5.41, 5.74) is 3.44. The molecule has 0 bridgehead atoms. The number of benzene rings is 2. The summed E-state index contributed by atoms with van der Waals surface area (Å²) in [5, 5.41) is 0. The zero-order valence-corrected chi connectivity index (χ0v) is 19.3. The third kappa shape index (κ3) is 3.76. The molecule has 168 valence electrons. The smallest absolute Gasteiger partial charge is 0.338 e. The normalized spacial score (nSPS) is 17.1. The van der Waals surface area contributed by atoms with Crippen molar-refractivity contribution in [3.05, 3.63) is 90.1 Å². The fourth-order valence-corrected chi connectivity index (χ4v) is 5.05. The fraction of sp³-hybridized carbons (Fsp3) is 0.240. The zero-order valence-electron chi connectivity index (χ0n) is 18.5. The first-order valence-corrected chi connectivity index (χ1v) is 11.4. The Morgan fingerprint density at radius 1 is 1.18 bits per heavy atom. The van der Waals surface area contributed by atoms with Crippen molar-refractivity contribution >= 4 is 23.4 Å². The van der Waals surface area contributed by atoms with Gasteiger partial charge in [0.1, 0.15) is 0 Å². The lowest BCUT2D eigenvalue weighted by Crippen LogP contribution is -2.39. The molecule has 0 amide bonds. The lowest BCUT2D eigenvalue weighted by atomic mass is 9.95. The Hall–Kier alpha value is -3.65. The second kappa shape index (κ2) is 8.37. The van der Waals surface area contributed by atoms with Crippen LogP contribution < -0.4 is 24.4 Å². The van der Waals surface area contributed by atoms with Crippen LogP contribution >= 0.6 is 11.3 Å². The minimum absolute atomic E-state index is 0.137. The Labute approximate surface area is 193 Å². The van der Waals surface area contributed by atoms with Crippen molar-refractivity contribution in [1.82, 2.24) is 4.57 Å². The van der Waals surface area contributed by atoms with Gasteiger partial charge in [-0.2, -0.15) is 0 Å². The molecule has 2 aliphatic heterocycles. The third-order valence-electron chi connectivity index (χ3n) is 5.60. The highest BCUT2D eigenvalue weighted by molar-refractivity contribution is 7.07. The van der Waals surface area contributed by atoms with E-state index in [0.29, 0.717) is 32.1 Å². The molecule has 0 radical (unpaired) electrons. The Kier molecular flexibility index (Phi) is 5.38. The molecule has 0 saturated carbocycles. The number of carbonyl (C=O) groups excluding carboxylic acids is 1. The van der Waals surface area contributed by atoms with E-state index in [9.17, 15) is 9.59 Å². The number of nitrogens with zero attached hydrogens (tertiary/aromatic N) is 2. The van der Waals surface area contributed by atoms with Crippen molar-refractivity contribution in [2.24, 2.45) is 4.99 Å². The first kappa shape index (κ1) is 21.2. The van der Waals surface area contributed by atoms with Gasteiger partial charge in [-0.1, -0.05) is 47.2 Å². The third-order valence-corrected chi connectivity index (χ3v) is 6.59. The number of aromatic nitrogens is 1. The molecular weight excluding hydrogens is 440 g/mol. The Bertz CT molecular complexity index is 1460. The van der Waals surface area contributed by atoms with Gasteiger partial charge < -0.3 is 14.2 Å². The van der Waals surface area contributed by atoms with Crippen molar-refractivity contribution in [3.8, 4) is 11.5 Å². The topological polar surface area (TPSA) is 79.1 Å². The Balaban J connectivity index is 1.72. The minimum atomic E-state index is -0.685. The van der Waals surface area contributed by atoms with Crippen LogP contribution in [0.4, 0.5) is 0 Å². The van der Waals surface area contributed by atoms with Crippen LogP contribution in [-0.2, 0) is 9.53 Å². The fourth-order valence-electron chi connectivity index (χ4n) is 4.00. The molecule has 7 nitrogen and oxygen atoms in total. The largest absolute Gasteiger partial charge is 0.463 e. The molecule has 3 aromatic rings. The Morgan fingerprint density at radius 2 is 1.94 bits per heavy atom. The van der Waals surface area contributed by atoms with Crippen LogP contribution in [0.1, 0.15) is 36.6 Å². The molecule has 0 aliphatic carbocycles. The number of ether oxygens (including phenoxy) is 3. The average molecular weight is 463 g/mol. The highest BCUT2D eigenvalue weighted by Crippen LogP contribution is 2.38. The molecule has 1 atom stereocenters. The van der Waals surface area contributed by atoms with Gasteiger partial charge in [0.25, 0.3) is 5.56 Å². The number of hydrogen-bond acceptors (Lipinski definition) is 7. The minimum Gasteiger partial charge on any atom is -0.463 e. The van der Waals surface area contributed by atoms with Crippen LogP contribution in [0, 0.1) is 6.92 Å². The van der Waals surface area contributed by atoms with Crippen LogP contribution in [0.5, 0.6) is 11.5 Å². The molecule has 8 heteroatoms. The summed E-state index contributed by atoms with van der Waals surface area (Å²) in [5.74, 6) is 0.713. The maximum atomic E-state index is 13.6. The van der Waals surface area contributed by atoms with Crippen LogP contribution in [0.2, 0.25) is 0 Å². The van der Waals surface area contributed by atoms with E-state index >= 15 is 0 Å². The summed E-state index contributed by atoms with van der Waals surface area (Å²) >= 11 is 1.30. The first-order chi connectivity index (χ1) is 16.0. The Morgan fingerprint density at radius 3 is 2.70 bits per heavy atom. The second-order valence-corrected chi connectivity index (χ2v) is 8.83. The number of hydrogen-bond donors (Lipinski definition) is 0. The number of rotatable bonds is 4. The van der Waals surface area contributed by atoms with Crippen molar-refractivity contribution in [3.63, 3.8) is 0 Å². The number of thiazole rings is 1. The van der Waals surface area contributed by atoms with Crippen molar-refractivity contribution in [1.29, 1.82) is 0 Å². The van der Waals surface area contributed by atoms with E-state index in [0.717, 1.165) is 16.7 Å². The summed E-state index contributed by atoms with van der Waals surface area (Å²) < 4.78 is 18.4. The number of fused-ring (bicyclic) bond motifs is 2. The highest BCUT2D eigenvalue weighted by atomic mass is 32.1. The SMILES string of the molecule is CCOC(=O)C1=C(C)N=c2sc(=Cc3ccc(C)cc3)c(=O)n2[C@@H]1c1ccc2c(c1)OCO2. The van der Waals surface area contributed by atoms with Crippen molar-refractivity contribution < 1.29 is 19.0 Å². The second-order valence-electron chi connectivity index (χ2n) is 7.83. The molecule has 5 rings (SSSR count). The van der Waals surface area contributed by atoms with Crippen molar-refractivity contribution in [2.75, 3.05) is 13.4 Å². The molecule has 2 aromatic carbocycles.